The Morgan fingerprint density at radius 3 is 0.556 bits per heavy atom. The molecule has 0 heterocycles. The van der Waals surface area contributed by atoms with Gasteiger partial charge in [-0.1, -0.05) is 0 Å². The molecular weight excluding hydrogens is 366 g/mol. The fraction of sp³-hybridized carbons (Fsp3) is 0. The SMILES string of the molecule is [N-3].[N-3].[N-3].[N-3].[Ti+4].[Ti+4].[Ti+4].[Ti][Sn]. The molecule has 0 rings (SSSR count). The van der Waals surface area contributed by atoms with Crippen molar-refractivity contribution in [3.05, 3.63) is 24.6 Å². The predicted molar refractivity (Wildman–Crippen MR) is 19.2 cm³/mol. The van der Waals surface area contributed by atoms with Crippen molar-refractivity contribution in [3.8, 4) is 0 Å². The predicted octanol–water partition coefficient (Wildman–Crippen LogP) is 0.764. The normalized spacial score (nSPS) is 0.444. The second-order valence-corrected chi connectivity index (χ2v) is 0. The summed E-state index contributed by atoms with van der Waals surface area (Å²) < 4.78 is 0. The summed E-state index contributed by atoms with van der Waals surface area (Å²) in [5, 5.41) is 0. The summed E-state index contributed by atoms with van der Waals surface area (Å²) in [7, 11) is 0. The zero-order valence-electron chi connectivity index (χ0n) is 4.29. The molecule has 0 N–H and O–H groups in total. The van der Waals surface area contributed by atoms with E-state index in [0.29, 0.717) is 0 Å². The number of hydrogen-bond acceptors (Lipinski definition) is 0. The van der Waals surface area contributed by atoms with Crippen LogP contribution in [0, 0.1) is 0 Å². The Morgan fingerprint density at radius 2 is 0.556 bits per heavy atom. The molecule has 0 aliphatic carbocycles. The van der Waals surface area contributed by atoms with E-state index in [9.17, 15) is 0 Å². The molecule has 0 bridgehead atoms. The molecule has 0 aliphatic rings. The summed E-state index contributed by atoms with van der Waals surface area (Å²) in [4.78, 5) is 0. The summed E-state index contributed by atoms with van der Waals surface area (Å²) in [6.07, 6.45) is 0. The molecule has 0 amide bonds. The van der Waals surface area contributed by atoms with Crippen LogP contribution in [0.25, 0.3) is 24.6 Å². The average Bonchev–Trinajstić information content (AvgIpc) is 1.00. The Morgan fingerprint density at radius 1 is 0.556 bits per heavy atom. The van der Waals surface area contributed by atoms with E-state index >= 15 is 0 Å². The van der Waals surface area contributed by atoms with Gasteiger partial charge in [-0.05, 0) is 0 Å². The maximum atomic E-state index is 2.09. The van der Waals surface area contributed by atoms with Gasteiger partial charge in [0.25, 0.3) is 0 Å². The van der Waals surface area contributed by atoms with Crippen LogP contribution in [-0.2, 0) is 81.9 Å². The van der Waals surface area contributed by atoms with Gasteiger partial charge >= 0.3 is 101 Å². The van der Waals surface area contributed by atoms with Gasteiger partial charge in [-0.15, -0.1) is 0 Å². The topological polar surface area (TPSA) is 122 Å². The molecule has 9 heavy (non-hydrogen) atoms. The molecule has 0 fully saturated rings. The first-order valence-corrected chi connectivity index (χ1v) is 6.91. The van der Waals surface area contributed by atoms with Gasteiger partial charge in [0.15, 0.2) is 0 Å². The number of hydrogen-bond donors (Lipinski definition) is 0. The third kappa shape index (κ3) is 84.8. The van der Waals surface area contributed by atoms with E-state index in [4.69, 9.17) is 0 Å². The van der Waals surface area contributed by atoms with Crippen LogP contribution in [0.15, 0.2) is 0 Å². The standard InChI is InChI=1S/4N.Sn.4Ti/q4*-3;;;3*+4. The monoisotopic (exact) mass is 368 g/mol. The first-order valence-electron chi connectivity index (χ1n) is 0.250. The van der Waals surface area contributed by atoms with Crippen LogP contribution in [0.4, 0.5) is 0 Å². The summed E-state index contributed by atoms with van der Waals surface area (Å²) in [6, 6.07) is 0. The molecule has 0 saturated carbocycles. The maximum absolute atomic E-state index is 2.09. The quantitative estimate of drug-likeness (QED) is 0.562. The van der Waals surface area contributed by atoms with Crippen LogP contribution in [-0.4, -0.2) is 19.1 Å². The van der Waals surface area contributed by atoms with Crippen LogP contribution in [0.2, 0.25) is 0 Å². The molecule has 0 unspecified atom stereocenters. The van der Waals surface area contributed by atoms with Crippen molar-refractivity contribution in [1.29, 1.82) is 0 Å². The Kier molecular flexibility index (Phi) is 941. The van der Waals surface area contributed by atoms with E-state index in [1.54, 1.807) is 19.1 Å². The molecule has 0 atom stereocenters. The van der Waals surface area contributed by atoms with E-state index in [0.717, 1.165) is 0 Å². The average molecular weight is 366 g/mol. The van der Waals surface area contributed by atoms with Crippen molar-refractivity contribution in [2.45, 2.75) is 0 Å². The molecular formula is N4SnTi4. The first kappa shape index (κ1) is 81.7. The molecule has 0 aromatic rings. The van der Waals surface area contributed by atoms with Gasteiger partial charge in [0.2, 0.25) is 0 Å². The van der Waals surface area contributed by atoms with Gasteiger partial charge in [-0.3, -0.25) is 0 Å². The van der Waals surface area contributed by atoms with Crippen molar-refractivity contribution < 1.29 is 81.9 Å². The second kappa shape index (κ2) is 104. The van der Waals surface area contributed by atoms with Gasteiger partial charge < -0.3 is 24.6 Å². The van der Waals surface area contributed by atoms with E-state index in [-0.39, 0.29) is 89.8 Å². The summed E-state index contributed by atoms with van der Waals surface area (Å²) in [5.74, 6) is 0. The van der Waals surface area contributed by atoms with Crippen molar-refractivity contribution in [2.24, 2.45) is 0 Å². The fourth-order valence-electron chi connectivity index (χ4n) is 0. The van der Waals surface area contributed by atoms with E-state index in [1.165, 1.54) is 0 Å². The molecule has 0 spiro atoms. The molecule has 3 radical (unpaired) electrons. The first-order chi connectivity index (χ1) is 1.00. The fourth-order valence-corrected chi connectivity index (χ4v) is 0. The van der Waals surface area contributed by atoms with Crippen LogP contribution in [0.5, 0.6) is 0 Å². The summed E-state index contributed by atoms with van der Waals surface area (Å²) in [6.45, 7) is 0. The van der Waals surface area contributed by atoms with Crippen molar-refractivity contribution in [3.63, 3.8) is 0 Å². The Balaban J connectivity index is -0.000000000238. The van der Waals surface area contributed by atoms with Gasteiger partial charge in [-0.25, -0.2) is 0 Å². The molecule has 9 heteroatoms. The van der Waals surface area contributed by atoms with Gasteiger partial charge in [0.1, 0.15) is 0 Å². The molecule has 0 saturated heterocycles. The van der Waals surface area contributed by atoms with E-state index in [2.05, 4.69) is 16.7 Å². The van der Waals surface area contributed by atoms with E-state index in [1.807, 2.05) is 0 Å². The van der Waals surface area contributed by atoms with Crippen LogP contribution < -0.4 is 0 Å². The summed E-state index contributed by atoms with van der Waals surface area (Å²) >= 11 is 3.64. The van der Waals surface area contributed by atoms with Crippen molar-refractivity contribution >= 4 is 19.1 Å². The van der Waals surface area contributed by atoms with Gasteiger partial charge in [0, 0.05) is 0 Å². The van der Waals surface area contributed by atoms with Crippen molar-refractivity contribution in [1.82, 2.24) is 0 Å². The molecule has 4 nitrogen and oxygen atoms in total. The molecule has 0 aliphatic heterocycles. The van der Waals surface area contributed by atoms with Crippen LogP contribution in [0.3, 0.4) is 0 Å². The van der Waals surface area contributed by atoms with Gasteiger partial charge in [-0.2, -0.15) is 0 Å². The molecule has 0 aromatic carbocycles. The van der Waals surface area contributed by atoms with Crippen LogP contribution in [0.1, 0.15) is 0 Å². The Bertz CT molecular complexity index is 12.5. The second-order valence-electron chi connectivity index (χ2n) is 0. The van der Waals surface area contributed by atoms with E-state index < -0.39 is 0 Å². The Hall–Kier alpha value is 3.50. The van der Waals surface area contributed by atoms with Crippen LogP contribution >= 0.6 is 0 Å². The minimum atomic E-state index is 0. The van der Waals surface area contributed by atoms with Gasteiger partial charge in [0.05, 0.1) is 0 Å². The third-order valence-corrected chi connectivity index (χ3v) is 0. The number of nitrogens with zero attached hydrogens (tertiary/aromatic N) is 4. The zero-order valence-corrected chi connectivity index (χ0v) is 13.4. The minimum absolute atomic E-state index is 0. The number of rotatable bonds is 0. The molecule has 40 valence electrons. The Labute approximate surface area is 123 Å². The summed E-state index contributed by atoms with van der Waals surface area (Å²) in [5.41, 5.74) is 0. The zero-order chi connectivity index (χ0) is 2.00. The van der Waals surface area contributed by atoms with Crippen molar-refractivity contribution in [2.75, 3.05) is 0 Å². The third-order valence-electron chi connectivity index (χ3n) is 0. The molecule has 0 aromatic heterocycles.